The third kappa shape index (κ3) is 1.22. The minimum Gasteiger partial charge on any atom is -0.273 e. The lowest BCUT2D eigenvalue weighted by Crippen LogP contribution is -2.19. The van der Waals surface area contributed by atoms with Crippen molar-refractivity contribution in [3.8, 4) is 0 Å². The van der Waals surface area contributed by atoms with Crippen LogP contribution in [0.4, 0.5) is 0 Å². The van der Waals surface area contributed by atoms with E-state index < -0.39 is 11.8 Å². The van der Waals surface area contributed by atoms with E-state index in [1.54, 1.807) is 0 Å². The molecule has 0 aliphatic carbocycles. The van der Waals surface area contributed by atoms with Gasteiger partial charge in [0.1, 0.15) is 0 Å². The molecule has 6 heteroatoms. The number of carbonyl (C=O) groups is 2. The summed E-state index contributed by atoms with van der Waals surface area (Å²) in [5.41, 5.74) is 2.01. The van der Waals surface area contributed by atoms with Crippen LogP contribution in [0.2, 0.25) is 0 Å². The van der Waals surface area contributed by atoms with Gasteiger partial charge >= 0.3 is 5.91 Å². The van der Waals surface area contributed by atoms with Crippen molar-refractivity contribution in [1.29, 1.82) is 0 Å². The Morgan fingerprint density at radius 1 is 1.70 bits per heavy atom. The molecule has 0 aromatic rings. The first-order valence-corrected chi connectivity index (χ1v) is 2.50. The first kappa shape index (κ1) is 6.53. The fourth-order valence-corrected chi connectivity index (χ4v) is 0.435. The molecule has 2 amide bonds. The van der Waals surface area contributed by atoms with Crippen molar-refractivity contribution < 1.29 is 9.59 Å². The lowest BCUT2D eigenvalue weighted by Gasteiger charge is -1.82. The molecule has 52 valence electrons. The SMILES string of the molecule is CC(=O)N=C1N=NNC1=O. The van der Waals surface area contributed by atoms with Crippen molar-refractivity contribution >= 4 is 17.6 Å². The van der Waals surface area contributed by atoms with E-state index in [1.807, 2.05) is 5.43 Å². The molecule has 0 saturated carbocycles. The molecule has 0 unspecified atom stereocenters. The normalized spacial score (nSPS) is 19.7. The summed E-state index contributed by atoms with van der Waals surface area (Å²) in [6.45, 7) is 1.23. The Balaban J connectivity index is 2.82. The smallest absolute Gasteiger partial charge is 0.273 e. The van der Waals surface area contributed by atoms with E-state index in [4.69, 9.17) is 0 Å². The summed E-state index contributed by atoms with van der Waals surface area (Å²) in [5, 5.41) is 6.39. The molecule has 0 aromatic carbocycles. The Kier molecular flexibility index (Phi) is 1.53. The van der Waals surface area contributed by atoms with E-state index in [2.05, 4.69) is 15.3 Å². The van der Waals surface area contributed by atoms with E-state index in [0.29, 0.717) is 0 Å². The zero-order chi connectivity index (χ0) is 7.56. The van der Waals surface area contributed by atoms with Crippen molar-refractivity contribution in [2.45, 2.75) is 6.92 Å². The summed E-state index contributed by atoms with van der Waals surface area (Å²) in [7, 11) is 0. The van der Waals surface area contributed by atoms with Crippen LogP contribution in [0.15, 0.2) is 15.3 Å². The van der Waals surface area contributed by atoms with Gasteiger partial charge in [-0.1, -0.05) is 5.22 Å². The molecule has 1 N–H and O–H groups in total. The minimum absolute atomic E-state index is 0.187. The maximum atomic E-state index is 10.5. The van der Waals surface area contributed by atoms with Gasteiger partial charge in [-0.05, 0) is 0 Å². The summed E-state index contributed by atoms with van der Waals surface area (Å²) < 4.78 is 0. The number of hydrogen-bond donors (Lipinski definition) is 1. The predicted octanol–water partition coefficient (Wildman–Crippen LogP) is -0.572. The molecule has 0 saturated heterocycles. The third-order valence-electron chi connectivity index (χ3n) is 0.763. The number of amidine groups is 1. The van der Waals surface area contributed by atoms with Crippen molar-refractivity contribution in [1.82, 2.24) is 5.43 Å². The summed E-state index contributed by atoms with van der Waals surface area (Å²) in [6.07, 6.45) is 0. The van der Waals surface area contributed by atoms with Crippen LogP contribution in [0.25, 0.3) is 0 Å². The Bertz CT molecular complexity index is 242. The standard InChI is InChI=1S/C4H4N4O2/c1-2(9)5-3-4(10)7-8-6-3/h1H3,(H,5,6,7,9,10). The van der Waals surface area contributed by atoms with E-state index in [1.165, 1.54) is 6.92 Å². The number of carbonyl (C=O) groups excluding carboxylic acids is 2. The van der Waals surface area contributed by atoms with Crippen LogP contribution in [0.5, 0.6) is 0 Å². The topological polar surface area (TPSA) is 83.2 Å². The highest BCUT2D eigenvalue weighted by atomic mass is 16.2. The van der Waals surface area contributed by atoms with Gasteiger partial charge in [0.05, 0.1) is 0 Å². The highest BCUT2D eigenvalue weighted by molar-refractivity contribution is 6.40. The van der Waals surface area contributed by atoms with Gasteiger partial charge in [0.15, 0.2) is 0 Å². The van der Waals surface area contributed by atoms with Crippen molar-refractivity contribution in [2.24, 2.45) is 15.3 Å². The van der Waals surface area contributed by atoms with E-state index in [9.17, 15) is 9.59 Å². The molecule has 0 spiro atoms. The van der Waals surface area contributed by atoms with Crippen molar-refractivity contribution in [3.63, 3.8) is 0 Å². The van der Waals surface area contributed by atoms with Crippen LogP contribution < -0.4 is 5.43 Å². The Labute approximate surface area is 56.0 Å². The number of rotatable bonds is 0. The first-order chi connectivity index (χ1) is 4.70. The first-order valence-electron chi connectivity index (χ1n) is 2.50. The largest absolute Gasteiger partial charge is 0.312 e. The molecular weight excluding hydrogens is 136 g/mol. The molecule has 0 radical (unpaired) electrons. The zero-order valence-electron chi connectivity index (χ0n) is 5.16. The molecular formula is C4H4N4O2. The van der Waals surface area contributed by atoms with Gasteiger partial charge in [0.2, 0.25) is 11.7 Å². The van der Waals surface area contributed by atoms with Gasteiger partial charge in [-0.3, -0.25) is 9.59 Å². The summed E-state index contributed by atoms with van der Waals surface area (Å²) in [5.74, 6) is -1.20. The Morgan fingerprint density at radius 2 is 2.40 bits per heavy atom. The quantitative estimate of drug-likeness (QED) is 0.488. The van der Waals surface area contributed by atoms with Gasteiger partial charge in [-0.2, -0.15) is 4.99 Å². The van der Waals surface area contributed by atoms with E-state index in [0.717, 1.165) is 0 Å². The average Bonchev–Trinajstić information content (AvgIpc) is 2.15. The molecule has 0 bridgehead atoms. The van der Waals surface area contributed by atoms with Crippen LogP contribution in [-0.2, 0) is 9.59 Å². The van der Waals surface area contributed by atoms with Gasteiger partial charge in [0.25, 0.3) is 0 Å². The Morgan fingerprint density at radius 3 is 2.80 bits per heavy atom. The van der Waals surface area contributed by atoms with Gasteiger partial charge < -0.3 is 0 Å². The number of hydrogen-bond acceptors (Lipinski definition) is 3. The Hall–Kier alpha value is -1.59. The lowest BCUT2D eigenvalue weighted by molar-refractivity contribution is -0.117. The second-order valence-corrected chi connectivity index (χ2v) is 1.60. The number of amides is 2. The molecule has 0 fully saturated rings. The molecule has 1 aliphatic heterocycles. The fourth-order valence-electron chi connectivity index (χ4n) is 0.435. The van der Waals surface area contributed by atoms with Crippen LogP contribution >= 0.6 is 0 Å². The van der Waals surface area contributed by atoms with Crippen LogP contribution in [0, 0.1) is 0 Å². The molecule has 1 rings (SSSR count). The second-order valence-electron chi connectivity index (χ2n) is 1.60. The van der Waals surface area contributed by atoms with Crippen LogP contribution in [0.3, 0.4) is 0 Å². The van der Waals surface area contributed by atoms with Crippen LogP contribution in [-0.4, -0.2) is 17.6 Å². The fraction of sp³-hybridized carbons (Fsp3) is 0.250. The van der Waals surface area contributed by atoms with Crippen molar-refractivity contribution in [2.75, 3.05) is 0 Å². The predicted molar refractivity (Wildman–Crippen MR) is 31.1 cm³/mol. The van der Waals surface area contributed by atoms with Gasteiger partial charge in [0, 0.05) is 6.92 Å². The van der Waals surface area contributed by atoms with Gasteiger partial charge in [-0.25, -0.2) is 5.43 Å². The number of nitrogens with one attached hydrogen (secondary N) is 1. The number of aliphatic imine (C=N–C) groups is 1. The lowest BCUT2D eigenvalue weighted by atomic mass is 10.5. The molecule has 1 heterocycles. The number of nitrogens with zero attached hydrogens (tertiary/aromatic N) is 3. The third-order valence-corrected chi connectivity index (χ3v) is 0.763. The zero-order valence-corrected chi connectivity index (χ0v) is 5.16. The van der Waals surface area contributed by atoms with Crippen molar-refractivity contribution in [3.05, 3.63) is 0 Å². The highest BCUT2D eigenvalue weighted by Gasteiger charge is 2.16. The molecule has 10 heavy (non-hydrogen) atoms. The maximum absolute atomic E-state index is 10.5. The summed E-state index contributed by atoms with van der Waals surface area (Å²) in [4.78, 5) is 24.1. The van der Waals surface area contributed by atoms with Gasteiger partial charge in [-0.15, -0.1) is 5.11 Å². The minimum atomic E-state index is -0.546. The monoisotopic (exact) mass is 140 g/mol. The molecule has 6 nitrogen and oxygen atoms in total. The van der Waals surface area contributed by atoms with Crippen LogP contribution in [0.1, 0.15) is 6.92 Å². The average molecular weight is 140 g/mol. The van der Waals surface area contributed by atoms with E-state index in [-0.39, 0.29) is 5.84 Å². The molecule has 0 aromatic heterocycles. The molecule has 1 aliphatic rings. The molecule has 0 atom stereocenters. The maximum Gasteiger partial charge on any atom is 0.312 e. The second kappa shape index (κ2) is 2.34. The van der Waals surface area contributed by atoms with E-state index >= 15 is 0 Å². The highest BCUT2D eigenvalue weighted by Crippen LogP contribution is 1.91. The summed E-state index contributed by atoms with van der Waals surface area (Å²) >= 11 is 0. The summed E-state index contributed by atoms with van der Waals surface area (Å²) in [6, 6.07) is 0.